The standard InChI is InChI=1S/C9H16N2O/c1-2-10-8-5-9-7-12-4-3-11(9)6-8/h2,8-10H,1,3-7H2. The first kappa shape index (κ1) is 8.08. The average molecular weight is 168 g/mol. The van der Waals surface area contributed by atoms with Crippen LogP contribution in [0.4, 0.5) is 0 Å². The van der Waals surface area contributed by atoms with Crippen LogP contribution in [0, 0.1) is 0 Å². The molecule has 2 aliphatic rings. The first-order valence-electron chi connectivity index (χ1n) is 4.59. The number of morpholine rings is 1. The summed E-state index contributed by atoms with van der Waals surface area (Å²) in [6.45, 7) is 7.74. The summed E-state index contributed by atoms with van der Waals surface area (Å²) in [4.78, 5) is 2.50. The Morgan fingerprint density at radius 3 is 3.25 bits per heavy atom. The second-order valence-corrected chi connectivity index (χ2v) is 3.53. The summed E-state index contributed by atoms with van der Waals surface area (Å²) >= 11 is 0. The van der Waals surface area contributed by atoms with Crippen LogP contribution >= 0.6 is 0 Å². The van der Waals surface area contributed by atoms with Crippen molar-refractivity contribution in [2.24, 2.45) is 0 Å². The molecule has 0 spiro atoms. The van der Waals surface area contributed by atoms with Crippen molar-refractivity contribution in [2.75, 3.05) is 26.3 Å². The summed E-state index contributed by atoms with van der Waals surface area (Å²) in [5.41, 5.74) is 0. The van der Waals surface area contributed by atoms with E-state index in [4.69, 9.17) is 4.74 Å². The number of hydrogen-bond acceptors (Lipinski definition) is 3. The van der Waals surface area contributed by atoms with Gasteiger partial charge in [-0.2, -0.15) is 0 Å². The van der Waals surface area contributed by atoms with E-state index in [9.17, 15) is 0 Å². The van der Waals surface area contributed by atoms with Crippen LogP contribution in [0.5, 0.6) is 0 Å². The molecule has 68 valence electrons. The zero-order valence-electron chi connectivity index (χ0n) is 7.33. The molecule has 0 radical (unpaired) electrons. The van der Waals surface area contributed by atoms with Crippen molar-refractivity contribution >= 4 is 0 Å². The van der Waals surface area contributed by atoms with Crippen LogP contribution in [0.15, 0.2) is 12.8 Å². The van der Waals surface area contributed by atoms with Crippen molar-refractivity contribution in [3.8, 4) is 0 Å². The maximum atomic E-state index is 5.41. The van der Waals surface area contributed by atoms with Gasteiger partial charge in [-0.3, -0.25) is 4.90 Å². The highest BCUT2D eigenvalue weighted by molar-refractivity contribution is 4.92. The van der Waals surface area contributed by atoms with Gasteiger partial charge >= 0.3 is 0 Å². The highest BCUT2D eigenvalue weighted by atomic mass is 16.5. The molecule has 0 bridgehead atoms. The predicted molar refractivity (Wildman–Crippen MR) is 47.9 cm³/mol. The lowest BCUT2D eigenvalue weighted by Gasteiger charge is -2.28. The normalized spacial score (nSPS) is 36.0. The maximum Gasteiger partial charge on any atom is 0.0623 e. The highest BCUT2D eigenvalue weighted by Gasteiger charge is 2.33. The summed E-state index contributed by atoms with van der Waals surface area (Å²) in [5, 5.41) is 3.27. The van der Waals surface area contributed by atoms with Crippen molar-refractivity contribution in [3.05, 3.63) is 12.8 Å². The van der Waals surface area contributed by atoms with Gasteiger partial charge in [0.25, 0.3) is 0 Å². The Labute approximate surface area is 73.4 Å². The molecule has 2 unspecified atom stereocenters. The second-order valence-electron chi connectivity index (χ2n) is 3.53. The summed E-state index contributed by atoms with van der Waals surface area (Å²) in [5.74, 6) is 0. The van der Waals surface area contributed by atoms with Gasteiger partial charge in [0, 0.05) is 25.2 Å². The summed E-state index contributed by atoms with van der Waals surface area (Å²) < 4.78 is 5.41. The molecule has 0 aromatic carbocycles. The Balaban J connectivity index is 1.89. The topological polar surface area (TPSA) is 24.5 Å². The van der Waals surface area contributed by atoms with Crippen LogP contribution in [0.3, 0.4) is 0 Å². The Bertz CT molecular complexity index is 158. The van der Waals surface area contributed by atoms with Crippen molar-refractivity contribution < 1.29 is 4.74 Å². The van der Waals surface area contributed by atoms with Gasteiger partial charge in [-0.15, -0.1) is 0 Å². The van der Waals surface area contributed by atoms with Crippen LogP contribution in [0.1, 0.15) is 6.42 Å². The van der Waals surface area contributed by atoms with Gasteiger partial charge in [-0.25, -0.2) is 0 Å². The number of nitrogens with one attached hydrogen (secondary N) is 1. The van der Waals surface area contributed by atoms with E-state index in [1.807, 2.05) is 0 Å². The van der Waals surface area contributed by atoms with Crippen LogP contribution < -0.4 is 5.32 Å². The number of nitrogens with zero attached hydrogens (tertiary/aromatic N) is 1. The number of hydrogen-bond donors (Lipinski definition) is 1. The number of fused-ring (bicyclic) bond motifs is 1. The van der Waals surface area contributed by atoms with Crippen molar-refractivity contribution in [2.45, 2.75) is 18.5 Å². The molecule has 2 fully saturated rings. The summed E-state index contributed by atoms with van der Waals surface area (Å²) in [6.07, 6.45) is 3.00. The van der Waals surface area contributed by atoms with Gasteiger partial charge in [0.1, 0.15) is 0 Å². The van der Waals surface area contributed by atoms with E-state index >= 15 is 0 Å². The lowest BCUT2D eigenvalue weighted by molar-refractivity contribution is 0.0128. The smallest absolute Gasteiger partial charge is 0.0623 e. The Kier molecular flexibility index (Phi) is 2.33. The molecule has 3 nitrogen and oxygen atoms in total. The Morgan fingerprint density at radius 1 is 1.58 bits per heavy atom. The van der Waals surface area contributed by atoms with Gasteiger partial charge in [0.05, 0.1) is 13.2 Å². The van der Waals surface area contributed by atoms with Gasteiger partial charge < -0.3 is 10.1 Å². The largest absolute Gasteiger partial charge is 0.387 e. The van der Waals surface area contributed by atoms with E-state index in [2.05, 4.69) is 16.8 Å². The molecule has 2 aliphatic heterocycles. The predicted octanol–water partition coefficient (Wildman–Crippen LogP) is 0.193. The second kappa shape index (κ2) is 3.46. The molecular weight excluding hydrogens is 152 g/mol. The molecule has 0 aliphatic carbocycles. The summed E-state index contributed by atoms with van der Waals surface area (Å²) in [6, 6.07) is 1.24. The zero-order chi connectivity index (χ0) is 8.39. The van der Waals surface area contributed by atoms with Crippen molar-refractivity contribution in [1.29, 1.82) is 0 Å². The minimum absolute atomic E-state index is 0.592. The fraction of sp³-hybridized carbons (Fsp3) is 0.778. The van der Waals surface area contributed by atoms with Crippen molar-refractivity contribution in [1.82, 2.24) is 10.2 Å². The number of rotatable bonds is 2. The van der Waals surface area contributed by atoms with Crippen LogP contribution in [0.25, 0.3) is 0 Å². The third kappa shape index (κ3) is 1.47. The van der Waals surface area contributed by atoms with E-state index < -0.39 is 0 Å². The third-order valence-corrected chi connectivity index (χ3v) is 2.71. The molecule has 2 atom stereocenters. The van der Waals surface area contributed by atoms with E-state index in [0.717, 1.165) is 26.3 Å². The minimum Gasteiger partial charge on any atom is -0.387 e. The van der Waals surface area contributed by atoms with Gasteiger partial charge in [0.2, 0.25) is 0 Å². The van der Waals surface area contributed by atoms with Gasteiger partial charge in [0.15, 0.2) is 0 Å². The fourth-order valence-electron chi connectivity index (χ4n) is 2.12. The van der Waals surface area contributed by atoms with Crippen LogP contribution in [-0.2, 0) is 4.74 Å². The van der Waals surface area contributed by atoms with E-state index in [0.29, 0.717) is 12.1 Å². The maximum absolute atomic E-state index is 5.41. The molecule has 3 heteroatoms. The molecule has 0 aromatic rings. The van der Waals surface area contributed by atoms with Gasteiger partial charge in [-0.1, -0.05) is 6.58 Å². The van der Waals surface area contributed by atoms with Gasteiger partial charge in [-0.05, 0) is 12.6 Å². The molecule has 0 aromatic heterocycles. The Morgan fingerprint density at radius 2 is 2.50 bits per heavy atom. The van der Waals surface area contributed by atoms with E-state index in [-0.39, 0.29) is 0 Å². The molecule has 2 rings (SSSR count). The van der Waals surface area contributed by atoms with Crippen molar-refractivity contribution in [3.63, 3.8) is 0 Å². The van der Waals surface area contributed by atoms with Crippen LogP contribution in [0.2, 0.25) is 0 Å². The average Bonchev–Trinajstić information content (AvgIpc) is 2.47. The molecule has 0 amide bonds. The quantitative estimate of drug-likeness (QED) is 0.637. The lowest BCUT2D eigenvalue weighted by Crippen LogP contribution is -2.41. The van der Waals surface area contributed by atoms with E-state index in [1.165, 1.54) is 6.42 Å². The molecular formula is C9H16N2O. The molecule has 2 heterocycles. The summed E-state index contributed by atoms with van der Waals surface area (Å²) in [7, 11) is 0. The molecule has 1 N–H and O–H groups in total. The molecule has 12 heavy (non-hydrogen) atoms. The first-order chi connectivity index (χ1) is 5.90. The van der Waals surface area contributed by atoms with E-state index in [1.54, 1.807) is 6.20 Å². The number of ether oxygens (including phenoxy) is 1. The molecule has 0 saturated carbocycles. The van der Waals surface area contributed by atoms with Crippen LogP contribution in [-0.4, -0.2) is 43.3 Å². The third-order valence-electron chi connectivity index (χ3n) is 2.71. The Hall–Kier alpha value is -0.540. The molecule has 2 saturated heterocycles. The minimum atomic E-state index is 0.592. The monoisotopic (exact) mass is 168 g/mol. The lowest BCUT2D eigenvalue weighted by atomic mass is 10.2. The zero-order valence-corrected chi connectivity index (χ0v) is 7.33. The highest BCUT2D eigenvalue weighted by Crippen LogP contribution is 2.20. The first-order valence-corrected chi connectivity index (χ1v) is 4.59. The SMILES string of the molecule is C=CNC1CC2COCCN2C1. The fourth-order valence-corrected chi connectivity index (χ4v) is 2.12.